The first kappa shape index (κ1) is 19.0. The van der Waals surface area contributed by atoms with Crippen molar-refractivity contribution >= 4 is 29.2 Å². The quantitative estimate of drug-likeness (QED) is 0.614. The standard InChI is InChI=1S/C19H22N4O3/c1-2-11-20-18(25)14-7-6-10-16(12-14)21-13-17(24)23-19(26)22-15-8-4-3-5-9-15/h3-10,12,21H,2,11,13H2,1H3,(H,20,25)(H2,22,23,24,26). The topological polar surface area (TPSA) is 99.3 Å². The Labute approximate surface area is 152 Å². The Hall–Kier alpha value is -3.35. The lowest BCUT2D eigenvalue weighted by molar-refractivity contribution is -0.118. The van der Waals surface area contributed by atoms with E-state index in [0.717, 1.165) is 6.42 Å². The van der Waals surface area contributed by atoms with Crippen molar-refractivity contribution in [2.45, 2.75) is 13.3 Å². The number of hydrogen-bond acceptors (Lipinski definition) is 4. The maximum absolute atomic E-state index is 11.9. The number of rotatable bonds is 7. The Kier molecular flexibility index (Phi) is 7.17. The lowest BCUT2D eigenvalue weighted by atomic mass is 10.2. The van der Waals surface area contributed by atoms with Crippen LogP contribution in [0.25, 0.3) is 0 Å². The molecule has 2 rings (SSSR count). The van der Waals surface area contributed by atoms with Crippen molar-refractivity contribution < 1.29 is 14.4 Å². The number of carbonyl (C=O) groups is 3. The number of urea groups is 1. The summed E-state index contributed by atoms with van der Waals surface area (Å²) < 4.78 is 0. The van der Waals surface area contributed by atoms with Crippen LogP contribution in [0.15, 0.2) is 54.6 Å². The van der Waals surface area contributed by atoms with Crippen LogP contribution in [0, 0.1) is 0 Å². The summed E-state index contributed by atoms with van der Waals surface area (Å²) in [5.41, 5.74) is 1.72. The number of imide groups is 1. The van der Waals surface area contributed by atoms with E-state index in [1.807, 2.05) is 13.0 Å². The van der Waals surface area contributed by atoms with Gasteiger partial charge in [0.1, 0.15) is 0 Å². The molecule has 0 aliphatic carbocycles. The molecule has 26 heavy (non-hydrogen) atoms. The van der Waals surface area contributed by atoms with E-state index in [0.29, 0.717) is 23.5 Å². The molecule has 0 heterocycles. The number of nitrogens with one attached hydrogen (secondary N) is 4. The minimum atomic E-state index is -0.601. The summed E-state index contributed by atoms with van der Waals surface area (Å²) in [5, 5.41) is 10.5. The fourth-order valence-corrected chi connectivity index (χ4v) is 2.15. The Morgan fingerprint density at radius 2 is 1.65 bits per heavy atom. The van der Waals surface area contributed by atoms with Gasteiger partial charge >= 0.3 is 6.03 Å². The zero-order chi connectivity index (χ0) is 18.8. The minimum Gasteiger partial charge on any atom is -0.376 e. The summed E-state index contributed by atoms with van der Waals surface area (Å²) in [4.78, 5) is 35.6. The summed E-state index contributed by atoms with van der Waals surface area (Å²) in [7, 11) is 0. The molecule has 0 radical (unpaired) electrons. The zero-order valence-electron chi connectivity index (χ0n) is 14.5. The van der Waals surface area contributed by atoms with Crippen molar-refractivity contribution in [1.82, 2.24) is 10.6 Å². The van der Waals surface area contributed by atoms with Crippen LogP contribution < -0.4 is 21.3 Å². The van der Waals surface area contributed by atoms with Crippen LogP contribution in [0.3, 0.4) is 0 Å². The van der Waals surface area contributed by atoms with Crippen molar-refractivity contribution in [2.75, 3.05) is 23.7 Å². The maximum atomic E-state index is 11.9. The van der Waals surface area contributed by atoms with Gasteiger partial charge in [0, 0.05) is 23.5 Å². The molecule has 136 valence electrons. The summed E-state index contributed by atoms with van der Waals surface area (Å²) in [6.45, 7) is 2.49. The third-order valence-corrected chi connectivity index (χ3v) is 3.40. The number of anilines is 2. The molecule has 2 aromatic rings. The van der Waals surface area contributed by atoms with E-state index in [2.05, 4.69) is 21.3 Å². The second-order valence-electron chi connectivity index (χ2n) is 5.56. The SMILES string of the molecule is CCCNC(=O)c1cccc(NCC(=O)NC(=O)Nc2ccccc2)c1. The molecule has 0 aromatic heterocycles. The van der Waals surface area contributed by atoms with E-state index < -0.39 is 11.9 Å². The Bertz CT molecular complexity index is 762. The van der Waals surface area contributed by atoms with E-state index in [9.17, 15) is 14.4 Å². The number of amides is 4. The van der Waals surface area contributed by atoms with Gasteiger partial charge in [-0.15, -0.1) is 0 Å². The van der Waals surface area contributed by atoms with Gasteiger partial charge in [0.2, 0.25) is 5.91 Å². The zero-order valence-corrected chi connectivity index (χ0v) is 14.5. The molecule has 2 aromatic carbocycles. The molecule has 0 aliphatic rings. The first-order valence-corrected chi connectivity index (χ1v) is 8.36. The van der Waals surface area contributed by atoms with Crippen LogP contribution in [0.5, 0.6) is 0 Å². The second-order valence-corrected chi connectivity index (χ2v) is 5.56. The average molecular weight is 354 g/mol. The van der Waals surface area contributed by atoms with Crippen LogP contribution in [0.2, 0.25) is 0 Å². The normalized spacial score (nSPS) is 9.88. The van der Waals surface area contributed by atoms with Gasteiger partial charge in [0.25, 0.3) is 5.91 Å². The largest absolute Gasteiger partial charge is 0.376 e. The molecule has 0 atom stereocenters. The van der Waals surface area contributed by atoms with Crippen LogP contribution in [-0.4, -0.2) is 30.9 Å². The van der Waals surface area contributed by atoms with Crippen molar-refractivity contribution in [1.29, 1.82) is 0 Å². The first-order chi connectivity index (χ1) is 12.6. The molecule has 4 amide bonds. The highest BCUT2D eigenvalue weighted by Crippen LogP contribution is 2.10. The molecule has 0 aliphatic heterocycles. The first-order valence-electron chi connectivity index (χ1n) is 8.36. The lowest BCUT2D eigenvalue weighted by Gasteiger charge is -2.09. The minimum absolute atomic E-state index is 0.0950. The third-order valence-electron chi connectivity index (χ3n) is 3.40. The van der Waals surface area contributed by atoms with Crippen molar-refractivity contribution in [3.8, 4) is 0 Å². The average Bonchev–Trinajstić information content (AvgIpc) is 2.65. The smallest absolute Gasteiger partial charge is 0.325 e. The predicted octanol–water partition coefficient (Wildman–Crippen LogP) is 2.59. The van der Waals surface area contributed by atoms with Crippen molar-refractivity contribution in [3.63, 3.8) is 0 Å². The molecule has 0 bridgehead atoms. The Balaban J connectivity index is 1.81. The summed E-state index contributed by atoms with van der Waals surface area (Å²) in [6, 6.07) is 15.0. The highest BCUT2D eigenvalue weighted by atomic mass is 16.2. The van der Waals surface area contributed by atoms with Crippen LogP contribution in [0.4, 0.5) is 16.2 Å². The number of hydrogen-bond donors (Lipinski definition) is 4. The second kappa shape index (κ2) is 9.83. The molecule has 7 heteroatoms. The highest BCUT2D eigenvalue weighted by Gasteiger charge is 2.09. The summed E-state index contributed by atoms with van der Waals surface area (Å²) >= 11 is 0. The van der Waals surface area contributed by atoms with Crippen molar-refractivity contribution in [3.05, 3.63) is 60.2 Å². The molecular formula is C19H22N4O3. The third kappa shape index (κ3) is 6.27. The molecule has 4 N–H and O–H groups in total. The number of para-hydroxylation sites is 1. The molecule has 0 fully saturated rings. The molecular weight excluding hydrogens is 332 g/mol. The summed E-state index contributed by atoms with van der Waals surface area (Å²) in [6.07, 6.45) is 0.856. The van der Waals surface area contributed by atoms with Crippen LogP contribution in [0.1, 0.15) is 23.7 Å². The van der Waals surface area contributed by atoms with Gasteiger partial charge in [-0.25, -0.2) is 4.79 Å². The Morgan fingerprint density at radius 3 is 2.38 bits per heavy atom. The van der Waals surface area contributed by atoms with E-state index in [4.69, 9.17) is 0 Å². The van der Waals surface area contributed by atoms with Gasteiger partial charge in [-0.3, -0.25) is 14.9 Å². The van der Waals surface area contributed by atoms with E-state index >= 15 is 0 Å². The monoisotopic (exact) mass is 354 g/mol. The Morgan fingerprint density at radius 1 is 0.923 bits per heavy atom. The molecule has 0 saturated heterocycles. The fourth-order valence-electron chi connectivity index (χ4n) is 2.15. The van der Waals surface area contributed by atoms with Gasteiger partial charge in [0.15, 0.2) is 0 Å². The van der Waals surface area contributed by atoms with E-state index in [-0.39, 0.29) is 12.5 Å². The fraction of sp³-hybridized carbons (Fsp3) is 0.211. The van der Waals surface area contributed by atoms with Gasteiger partial charge < -0.3 is 16.0 Å². The van der Waals surface area contributed by atoms with Gasteiger partial charge in [-0.2, -0.15) is 0 Å². The lowest BCUT2D eigenvalue weighted by Crippen LogP contribution is -2.38. The molecule has 0 saturated carbocycles. The van der Waals surface area contributed by atoms with Gasteiger partial charge in [0.05, 0.1) is 6.54 Å². The maximum Gasteiger partial charge on any atom is 0.325 e. The number of carbonyl (C=O) groups excluding carboxylic acids is 3. The molecule has 0 spiro atoms. The highest BCUT2D eigenvalue weighted by molar-refractivity contribution is 6.02. The predicted molar refractivity (Wildman–Crippen MR) is 101 cm³/mol. The van der Waals surface area contributed by atoms with Crippen LogP contribution >= 0.6 is 0 Å². The molecule has 7 nitrogen and oxygen atoms in total. The summed E-state index contributed by atoms with van der Waals surface area (Å²) in [5.74, 6) is -0.651. The van der Waals surface area contributed by atoms with Crippen molar-refractivity contribution in [2.24, 2.45) is 0 Å². The van der Waals surface area contributed by atoms with E-state index in [1.54, 1.807) is 48.5 Å². The van der Waals surface area contributed by atoms with E-state index in [1.165, 1.54) is 0 Å². The molecule has 0 unspecified atom stereocenters. The van der Waals surface area contributed by atoms with Gasteiger partial charge in [-0.05, 0) is 36.8 Å². The van der Waals surface area contributed by atoms with Gasteiger partial charge in [-0.1, -0.05) is 31.2 Å². The number of benzene rings is 2. The van der Waals surface area contributed by atoms with Crippen LogP contribution in [-0.2, 0) is 4.79 Å².